The highest BCUT2D eigenvalue weighted by atomic mass is 19.1. The number of halogens is 1. The van der Waals surface area contributed by atoms with Crippen LogP contribution in [0, 0.1) is 5.82 Å². The number of rotatable bonds is 5. The van der Waals surface area contributed by atoms with Crippen molar-refractivity contribution in [2.75, 3.05) is 0 Å². The SMILES string of the molecule is CCC(OC(C)=O)C(=O)OOc1ccccc1F. The standard InChI is InChI=1S/C12H13FO5/c1-3-10(16-8(2)14)12(15)18-17-11-7-5-4-6-9(11)13/h4-7,10H,3H2,1-2H3. The van der Waals surface area contributed by atoms with Gasteiger partial charge < -0.3 is 4.74 Å². The normalized spacial score (nSPS) is 11.5. The van der Waals surface area contributed by atoms with E-state index in [1.165, 1.54) is 25.1 Å². The van der Waals surface area contributed by atoms with Crippen LogP contribution in [0.2, 0.25) is 0 Å². The van der Waals surface area contributed by atoms with Crippen molar-refractivity contribution in [2.45, 2.75) is 26.4 Å². The van der Waals surface area contributed by atoms with E-state index in [0.29, 0.717) is 0 Å². The molecule has 1 aromatic carbocycles. The quantitative estimate of drug-likeness (QED) is 0.458. The van der Waals surface area contributed by atoms with E-state index in [4.69, 9.17) is 4.74 Å². The number of carbonyl (C=O) groups is 2. The summed E-state index contributed by atoms with van der Waals surface area (Å²) in [6.45, 7) is 2.81. The monoisotopic (exact) mass is 256 g/mol. The molecule has 0 spiro atoms. The summed E-state index contributed by atoms with van der Waals surface area (Å²) in [5.41, 5.74) is 0. The minimum absolute atomic E-state index is 0.219. The summed E-state index contributed by atoms with van der Waals surface area (Å²) in [4.78, 5) is 31.1. The summed E-state index contributed by atoms with van der Waals surface area (Å²) in [6, 6.07) is 5.45. The minimum atomic E-state index is -1.06. The second-order valence-corrected chi connectivity index (χ2v) is 3.42. The molecular formula is C12H13FO5. The van der Waals surface area contributed by atoms with Gasteiger partial charge in [0.1, 0.15) is 0 Å². The van der Waals surface area contributed by atoms with E-state index >= 15 is 0 Å². The van der Waals surface area contributed by atoms with Gasteiger partial charge in [0.2, 0.25) is 11.9 Å². The molecule has 0 saturated carbocycles. The average molecular weight is 256 g/mol. The van der Waals surface area contributed by atoms with Crippen molar-refractivity contribution in [3.63, 3.8) is 0 Å². The molecule has 0 saturated heterocycles. The van der Waals surface area contributed by atoms with E-state index in [2.05, 4.69) is 9.78 Å². The van der Waals surface area contributed by atoms with Gasteiger partial charge in [0.05, 0.1) is 0 Å². The smallest absolute Gasteiger partial charge is 0.395 e. The zero-order valence-electron chi connectivity index (χ0n) is 10.0. The summed E-state index contributed by atoms with van der Waals surface area (Å²) >= 11 is 0. The van der Waals surface area contributed by atoms with Gasteiger partial charge in [0.15, 0.2) is 5.82 Å². The maximum Gasteiger partial charge on any atom is 0.395 e. The highest BCUT2D eigenvalue weighted by Gasteiger charge is 2.23. The van der Waals surface area contributed by atoms with Crippen LogP contribution in [0.5, 0.6) is 5.75 Å². The van der Waals surface area contributed by atoms with Crippen LogP contribution in [-0.2, 0) is 19.2 Å². The largest absolute Gasteiger partial charge is 0.450 e. The second kappa shape index (κ2) is 6.58. The third-order valence-corrected chi connectivity index (χ3v) is 1.99. The lowest BCUT2D eigenvalue weighted by molar-refractivity contribution is -0.226. The molecule has 0 heterocycles. The van der Waals surface area contributed by atoms with Gasteiger partial charge in [-0.1, -0.05) is 19.1 Å². The van der Waals surface area contributed by atoms with E-state index in [-0.39, 0.29) is 12.2 Å². The topological polar surface area (TPSA) is 61.8 Å². The fourth-order valence-electron chi connectivity index (χ4n) is 1.15. The lowest BCUT2D eigenvalue weighted by atomic mass is 10.3. The summed E-state index contributed by atoms with van der Waals surface area (Å²) in [7, 11) is 0. The number of benzene rings is 1. The van der Waals surface area contributed by atoms with Crippen LogP contribution < -0.4 is 4.89 Å². The second-order valence-electron chi connectivity index (χ2n) is 3.42. The zero-order valence-corrected chi connectivity index (χ0v) is 10.0. The van der Waals surface area contributed by atoms with Crippen LogP contribution in [0.3, 0.4) is 0 Å². The Bertz CT molecular complexity index is 432. The summed E-state index contributed by atoms with van der Waals surface area (Å²) in [5, 5.41) is 0. The van der Waals surface area contributed by atoms with Crippen LogP contribution in [0.1, 0.15) is 20.3 Å². The third kappa shape index (κ3) is 4.04. The van der Waals surface area contributed by atoms with Crippen molar-refractivity contribution in [1.82, 2.24) is 0 Å². The van der Waals surface area contributed by atoms with Crippen molar-refractivity contribution in [2.24, 2.45) is 0 Å². The first-order chi connectivity index (χ1) is 8.54. The Morgan fingerprint density at radius 2 is 2.00 bits per heavy atom. The summed E-state index contributed by atoms with van der Waals surface area (Å²) in [5.74, 6) is -2.38. The van der Waals surface area contributed by atoms with E-state index in [0.717, 1.165) is 6.07 Å². The molecule has 18 heavy (non-hydrogen) atoms. The van der Waals surface area contributed by atoms with Gasteiger partial charge in [-0.2, -0.15) is 0 Å². The predicted octanol–water partition coefficient (Wildman–Crippen LogP) is 2.00. The van der Waals surface area contributed by atoms with Gasteiger partial charge in [0, 0.05) is 6.92 Å². The van der Waals surface area contributed by atoms with E-state index < -0.39 is 23.9 Å². The first kappa shape index (κ1) is 14.0. The zero-order chi connectivity index (χ0) is 13.5. The Hall–Kier alpha value is -2.11. The molecule has 0 fully saturated rings. The molecular weight excluding hydrogens is 243 g/mol. The number of hydrogen-bond acceptors (Lipinski definition) is 5. The molecule has 6 heteroatoms. The molecule has 1 atom stereocenters. The molecule has 1 unspecified atom stereocenters. The van der Waals surface area contributed by atoms with Crippen LogP contribution in [-0.4, -0.2) is 18.0 Å². The summed E-state index contributed by atoms with van der Waals surface area (Å²) in [6.07, 6.45) is -0.826. The lowest BCUT2D eigenvalue weighted by Gasteiger charge is -2.12. The fourth-order valence-corrected chi connectivity index (χ4v) is 1.15. The Balaban J connectivity index is 2.54. The highest BCUT2D eigenvalue weighted by molar-refractivity contribution is 5.78. The average Bonchev–Trinajstić information content (AvgIpc) is 2.34. The maximum atomic E-state index is 13.1. The predicted molar refractivity (Wildman–Crippen MR) is 59.0 cm³/mol. The number of esters is 1. The molecule has 5 nitrogen and oxygen atoms in total. The highest BCUT2D eigenvalue weighted by Crippen LogP contribution is 2.16. The molecule has 0 amide bonds. The Kier molecular flexibility index (Phi) is 5.10. The van der Waals surface area contributed by atoms with Crippen LogP contribution in [0.25, 0.3) is 0 Å². The van der Waals surface area contributed by atoms with Gasteiger partial charge in [0.25, 0.3) is 0 Å². The fraction of sp³-hybridized carbons (Fsp3) is 0.333. The molecule has 0 aromatic heterocycles. The van der Waals surface area contributed by atoms with Crippen molar-refractivity contribution in [3.05, 3.63) is 30.1 Å². The van der Waals surface area contributed by atoms with Crippen molar-refractivity contribution >= 4 is 11.9 Å². The first-order valence-electron chi connectivity index (χ1n) is 5.34. The molecule has 0 bridgehead atoms. The van der Waals surface area contributed by atoms with E-state index in [9.17, 15) is 14.0 Å². The van der Waals surface area contributed by atoms with E-state index in [1.54, 1.807) is 6.92 Å². The summed E-state index contributed by atoms with van der Waals surface area (Å²) < 4.78 is 17.8. The van der Waals surface area contributed by atoms with Gasteiger partial charge >= 0.3 is 11.9 Å². The number of carbonyl (C=O) groups excluding carboxylic acids is 2. The molecule has 1 rings (SSSR count). The molecule has 0 aliphatic carbocycles. The Morgan fingerprint density at radius 3 is 2.56 bits per heavy atom. The molecule has 0 aliphatic rings. The molecule has 0 aliphatic heterocycles. The number of para-hydroxylation sites is 1. The van der Waals surface area contributed by atoms with Gasteiger partial charge in [-0.25, -0.2) is 14.1 Å². The van der Waals surface area contributed by atoms with Crippen molar-refractivity contribution in [1.29, 1.82) is 0 Å². The van der Waals surface area contributed by atoms with Gasteiger partial charge in [-0.05, 0) is 18.6 Å². The first-order valence-corrected chi connectivity index (χ1v) is 5.34. The number of ether oxygens (including phenoxy) is 1. The molecule has 0 N–H and O–H groups in total. The molecule has 0 radical (unpaired) electrons. The Morgan fingerprint density at radius 1 is 1.33 bits per heavy atom. The molecule has 98 valence electrons. The van der Waals surface area contributed by atoms with Crippen LogP contribution in [0.4, 0.5) is 4.39 Å². The maximum absolute atomic E-state index is 13.1. The Labute approximate surface area is 103 Å². The van der Waals surface area contributed by atoms with Gasteiger partial charge in [-0.15, -0.1) is 0 Å². The third-order valence-electron chi connectivity index (χ3n) is 1.99. The molecule has 1 aromatic rings. The van der Waals surface area contributed by atoms with Crippen LogP contribution in [0.15, 0.2) is 24.3 Å². The van der Waals surface area contributed by atoms with Crippen molar-refractivity contribution in [3.8, 4) is 5.75 Å². The number of hydrogen-bond donors (Lipinski definition) is 0. The van der Waals surface area contributed by atoms with Gasteiger partial charge in [-0.3, -0.25) is 9.68 Å². The van der Waals surface area contributed by atoms with E-state index in [1.807, 2.05) is 0 Å². The van der Waals surface area contributed by atoms with Crippen molar-refractivity contribution < 1.29 is 28.5 Å². The minimum Gasteiger partial charge on any atom is -0.450 e. The van der Waals surface area contributed by atoms with Crippen LogP contribution >= 0.6 is 0 Å². The lowest BCUT2D eigenvalue weighted by Crippen LogP contribution is -2.28.